The number of amides is 3. The molecule has 234 valence electrons. The maximum Gasteiger partial charge on any atom is 0.242 e. The number of rotatable bonds is 27. The van der Waals surface area contributed by atoms with Crippen molar-refractivity contribution in [3.05, 3.63) is 0 Å². The predicted molar refractivity (Wildman–Crippen MR) is 154 cm³/mol. The number of unbranched alkanes of at least 4 members (excludes halogenated alkanes) is 4. The fourth-order valence-corrected chi connectivity index (χ4v) is 4.43. The van der Waals surface area contributed by atoms with Gasteiger partial charge in [-0.3, -0.25) is 28.9 Å². The molecule has 1 saturated heterocycles. The Morgan fingerprint density at radius 3 is 2.15 bits per heavy atom. The van der Waals surface area contributed by atoms with Crippen LogP contribution in [0.3, 0.4) is 0 Å². The summed E-state index contributed by atoms with van der Waals surface area (Å²) in [6.45, 7) is 2.35. The third-order valence-corrected chi connectivity index (χ3v) is 6.88. The number of hydrogen-bond donors (Lipinski definition) is 3. The molecule has 2 atom stereocenters. The molecule has 0 aromatic carbocycles. The van der Waals surface area contributed by atoms with E-state index < -0.39 is 11.3 Å². The first-order valence-corrected chi connectivity index (χ1v) is 15.0. The number of hydrogen-bond acceptors (Lipinski definition) is 11. The second kappa shape index (κ2) is 23.4. The Morgan fingerprint density at radius 2 is 1.49 bits per heavy atom. The quantitative estimate of drug-likeness (QED) is 0.0537. The van der Waals surface area contributed by atoms with Crippen LogP contribution in [0.2, 0.25) is 0 Å². The average molecular weight is 602 g/mol. The van der Waals surface area contributed by atoms with E-state index >= 15 is 0 Å². The van der Waals surface area contributed by atoms with E-state index in [9.17, 15) is 28.8 Å². The fourth-order valence-electron chi connectivity index (χ4n) is 4.13. The number of carbonyl (C=O) groups excluding carboxylic acids is 6. The summed E-state index contributed by atoms with van der Waals surface area (Å²) in [5.74, 6) is -0.540. The molecule has 1 heterocycles. The summed E-state index contributed by atoms with van der Waals surface area (Å²) in [4.78, 5) is 70.4. The van der Waals surface area contributed by atoms with E-state index in [1.807, 2.05) is 0 Å². The van der Waals surface area contributed by atoms with Gasteiger partial charge in [-0.05, 0) is 32.1 Å². The number of ether oxygens (including phenoxy) is 3. The van der Waals surface area contributed by atoms with Gasteiger partial charge in [0.1, 0.15) is 18.7 Å². The number of nitrogens with two attached hydrogens (primary N) is 1. The number of Topliss-reactive ketones (excluding diaryl/α,β-unsaturated/α-hetero) is 2. The molecule has 3 N–H and O–H groups in total. The standard InChI is InChI=1S/C28H47N3O9S/c29-24(27(36)30-12-14-32)11-5-1-3-9-23(34)21-40-19-18-39-17-16-38-15-7-10-22(33)8-4-2-6-13-31-26(35)20-25(41)28(31)37/h14,24-25,41H,1-13,15-21,29H2,(H,30,36). The Bertz CT molecular complexity index is 828. The highest BCUT2D eigenvalue weighted by atomic mass is 32.1. The van der Waals surface area contributed by atoms with E-state index in [1.165, 1.54) is 4.90 Å². The van der Waals surface area contributed by atoms with Crippen LogP contribution < -0.4 is 11.1 Å². The van der Waals surface area contributed by atoms with Crippen molar-refractivity contribution in [3.63, 3.8) is 0 Å². The van der Waals surface area contributed by atoms with Crippen LogP contribution in [0.1, 0.15) is 77.0 Å². The first-order valence-electron chi connectivity index (χ1n) is 14.5. The highest BCUT2D eigenvalue weighted by molar-refractivity contribution is 7.81. The van der Waals surface area contributed by atoms with Crippen molar-refractivity contribution in [2.75, 3.05) is 52.7 Å². The van der Waals surface area contributed by atoms with Crippen LogP contribution in [0.25, 0.3) is 0 Å². The number of nitrogens with one attached hydrogen (secondary N) is 1. The van der Waals surface area contributed by atoms with Crippen LogP contribution in [0.4, 0.5) is 0 Å². The second-order valence-corrected chi connectivity index (χ2v) is 10.6. The molecule has 1 aliphatic rings. The lowest BCUT2D eigenvalue weighted by molar-refractivity contribution is -0.138. The summed E-state index contributed by atoms with van der Waals surface area (Å²) >= 11 is 4.10. The van der Waals surface area contributed by atoms with Crippen LogP contribution in [0, 0.1) is 0 Å². The molecule has 1 aliphatic heterocycles. The van der Waals surface area contributed by atoms with Gasteiger partial charge in [0.2, 0.25) is 17.7 Å². The van der Waals surface area contributed by atoms with Gasteiger partial charge < -0.3 is 30.1 Å². The largest absolute Gasteiger partial charge is 0.379 e. The van der Waals surface area contributed by atoms with Crippen molar-refractivity contribution in [2.45, 2.75) is 88.3 Å². The zero-order valence-electron chi connectivity index (χ0n) is 24.0. The highest BCUT2D eigenvalue weighted by Crippen LogP contribution is 2.18. The molecule has 0 saturated carbocycles. The molecule has 13 heteroatoms. The van der Waals surface area contributed by atoms with E-state index in [2.05, 4.69) is 17.9 Å². The molecule has 0 spiro atoms. The zero-order chi connectivity index (χ0) is 30.3. The minimum Gasteiger partial charge on any atom is -0.379 e. The highest BCUT2D eigenvalue weighted by Gasteiger charge is 2.35. The normalized spacial score (nSPS) is 15.8. The van der Waals surface area contributed by atoms with Crippen molar-refractivity contribution >= 4 is 48.2 Å². The molecule has 3 amide bonds. The summed E-state index contributed by atoms with van der Waals surface area (Å²) in [5, 5.41) is 1.90. The fraction of sp³-hybridized carbons (Fsp3) is 0.786. The number of imide groups is 1. The van der Waals surface area contributed by atoms with Gasteiger partial charge in [-0.15, -0.1) is 0 Å². The first kappa shape index (κ1) is 36.8. The summed E-state index contributed by atoms with van der Waals surface area (Å²) in [6.07, 6.45) is 7.70. The molecule has 0 aromatic rings. The maximum atomic E-state index is 12.0. The Morgan fingerprint density at radius 1 is 0.878 bits per heavy atom. The van der Waals surface area contributed by atoms with Crippen molar-refractivity contribution in [3.8, 4) is 0 Å². The van der Waals surface area contributed by atoms with Crippen LogP contribution >= 0.6 is 12.6 Å². The summed E-state index contributed by atoms with van der Waals surface area (Å²) in [5.41, 5.74) is 5.74. The number of aldehydes is 1. The zero-order valence-corrected chi connectivity index (χ0v) is 24.9. The summed E-state index contributed by atoms with van der Waals surface area (Å²) < 4.78 is 16.2. The third-order valence-electron chi connectivity index (χ3n) is 6.48. The van der Waals surface area contributed by atoms with Crippen LogP contribution in [-0.2, 0) is 43.0 Å². The minimum absolute atomic E-state index is 0.0119. The van der Waals surface area contributed by atoms with Gasteiger partial charge in [0.15, 0.2) is 5.78 Å². The Labute approximate surface area is 248 Å². The van der Waals surface area contributed by atoms with Gasteiger partial charge in [-0.25, -0.2) is 0 Å². The van der Waals surface area contributed by atoms with Gasteiger partial charge in [-0.2, -0.15) is 12.6 Å². The van der Waals surface area contributed by atoms with E-state index in [0.29, 0.717) is 90.8 Å². The number of nitrogens with zero attached hydrogens (tertiary/aromatic N) is 1. The molecule has 0 aliphatic carbocycles. The first-order chi connectivity index (χ1) is 19.8. The van der Waals surface area contributed by atoms with Crippen molar-refractivity contribution in [1.29, 1.82) is 0 Å². The van der Waals surface area contributed by atoms with Crippen LogP contribution in [-0.4, -0.2) is 104 Å². The van der Waals surface area contributed by atoms with Gasteiger partial charge in [0.05, 0.1) is 44.3 Å². The molecule has 0 aromatic heterocycles. The Balaban J connectivity index is 1.83. The lowest BCUT2D eigenvalue weighted by atomic mass is 10.1. The number of thiol groups is 1. The number of carbonyl (C=O) groups is 6. The molecular formula is C28H47N3O9S. The van der Waals surface area contributed by atoms with Crippen molar-refractivity contribution < 1.29 is 43.0 Å². The molecule has 41 heavy (non-hydrogen) atoms. The van der Waals surface area contributed by atoms with E-state index in [-0.39, 0.29) is 48.9 Å². The molecular weight excluding hydrogens is 554 g/mol. The van der Waals surface area contributed by atoms with Gasteiger partial charge >= 0.3 is 0 Å². The van der Waals surface area contributed by atoms with E-state index in [0.717, 1.165) is 25.7 Å². The summed E-state index contributed by atoms with van der Waals surface area (Å²) in [6, 6.07) is -0.645. The molecule has 0 bridgehead atoms. The van der Waals surface area contributed by atoms with Gasteiger partial charge in [0, 0.05) is 38.8 Å². The molecule has 1 rings (SSSR count). The molecule has 2 unspecified atom stereocenters. The Kier molecular flexibility index (Phi) is 21.0. The van der Waals surface area contributed by atoms with Crippen molar-refractivity contribution in [1.82, 2.24) is 10.2 Å². The predicted octanol–water partition coefficient (Wildman–Crippen LogP) is 1.17. The third kappa shape index (κ3) is 18.1. The van der Waals surface area contributed by atoms with E-state index in [4.69, 9.17) is 19.9 Å². The average Bonchev–Trinajstić information content (AvgIpc) is 3.19. The number of ketones is 2. The van der Waals surface area contributed by atoms with Crippen LogP contribution in [0.15, 0.2) is 0 Å². The molecule has 12 nitrogen and oxygen atoms in total. The SMILES string of the molecule is NC(CCCCCC(=O)COCCOCCOCCCC(=O)CCCCCN1C(=O)CC(S)C1=O)C(=O)NCC=O. The lowest BCUT2D eigenvalue weighted by Crippen LogP contribution is -2.41. The molecule has 1 fully saturated rings. The smallest absolute Gasteiger partial charge is 0.242 e. The lowest BCUT2D eigenvalue weighted by Gasteiger charge is -2.13. The Hall–Kier alpha value is -2.19. The minimum atomic E-state index is -0.645. The van der Waals surface area contributed by atoms with Crippen molar-refractivity contribution in [2.24, 2.45) is 5.73 Å². The topological polar surface area (TPSA) is 171 Å². The van der Waals surface area contributed by atoms with Crippen LogP contribution in [0.5, 0.6) is 0 Å². The monoisotopic (exact) mass is 601 g/mol. The van der Waals surface area contributed by atoms with E-state index in [1.54, 1.807) is 0 Å². The number of likely N-dealkylation sites (tertiary alicyclic amines) is 1. The maximum absolute atomic E-state index is 12.0. The second-order valence-electron chi connectivity index (χ2n) is 9.99. The molecule has 0 radical (unpaired) electrons. The summed E-state index contributed by atoms with van der Waals surface area (Å²) in [7, 11) is 0. The van der Waals surface area contributed by atoms with Gasteiger partial charge in [-0.1, -0.05) is 19.3 Å². The van der Waals surface area contributed by atoms with Gasteiger partial charge in [0.25, 0.3) is 0 Å².